The van der Waals surface area contributed by atoms with Gasteiger partial charge >= 0.3 is 0 Å². The molecule has 0 aliphatic carbocycles. The van der Waals surface area contributed by atoms with Crippen molar-refractivity contribution in [2.24, 2.45) is 11.8 Å². The average Bonchev–Trinajstić information content (AvgIpc) is 3.30. The molecule has 0 spiro atoms. The van der Waals surface area contributed by atoms with Gasteiger partial charge in [-0.2, -0.15) is 0 Å². The summed E-state index contributed by atoms with van der Waals surface area (Å²) in [5.74, 6) is 1.23. The Morgan fingerprint density at radius 1 is 0.841 bits per heavy atom. The third-order valence-corrected chi connectivity index (χ3v) is 8.58. The van der Waals surface area contributed by atoms with Crippen molar-refractivity contribution < 1.29 is 0 Å². The molecule has 3 atom stereocenters. The van der Waals surface area contributed by atoms with E-state index in [4.69, 9.17) is 0 Å². The van der Waals surface area contributed by atoms with Crippen molar-refractivity contribution in [2.45, 2.75) is 78.2 Å². The van der Waals surface area contributed by atoms with Crippen LogP contribution in [0.4, 0.5) is 0 Å². The fraction of sp³-hybridized carbons (Fsp3) is 0.526. The largest absolute Gasteiger partial charge is 0.387 e. The molecule has 1 heterocycles. The Bertz CT molecular complexity index is 1070. The first-order valence-electron chi connectivity index (χ1n) is 16.7. The summed E-state index contributed by atoms with van der Waals surface area (Å²) in [6, 6.07) is 10.5. The maximum Gasteiger partial charge on any atom is 0.0691 e. The molecule has 0 saturated carbocycles. The summed E-state index contributed by atoms with van der Waals surface area (Å²) in [6.45, 7) is 37.4. The molecule has 244 valence electrons. The SMILES string of the molecule is C=C(CNCCCCCN1C(=C)CC(C(C)CC)C1=C)NCC(=C)NC(Cc1ccccc1)C(=C)NCC(=C)NCCCC. The number of unbranched alkanes of at least 4 members (excludes halogenated alkanes) is 3. The van der Waals surface area contributed by atoms with E-state index in [0.29, 0.717) is 24.9 Å². The molecule has 1 aromatic rings. The van der Waals surface area contributed by atoms with Gasteiger partial charge in [-0.1, -0.05) is 110 Å². The van der Waals surface area contributed by atoms with Crippen molar-refractivity contribution in [3.8, 4) is 0 Å². The molecule has 0 radical (unpaired) electrons. The van der Waals surface area contributed by atoms with Crippen molar-refractivity contribution in [1.82, 2.24) is 31.5 Å². The van der Waals surface area contributed by atoms with Crippen molar-refractivity contribution in [1.29, 1.82) is 0 Å². The average molecular weight is 603 g/mol. The zero-order chi connectivity index (χ0) is 32.3. The van der Waals surface area contributed by atoms with Crippen LogP contribution in [0.3, 0.4) is 0 Å². The van der Waals surface area contributed by atoms with Crippen LogP contribution in [0.2, 0.25) is 0 Å². The second-order valence-electron chi connectivity index (χ2n) is 12.4. The second kappa shape index (κ2) is 20.6. The van der Waals surface area contributed by atoms with Gasteiger partial charge in [0.15, 0.2) is 0 Å². The molecule has 0 aromatic heterocycles. The number of allylic oxidation sites excluding steroid dienone is 2. The molecule has 0 bridgehead atoms. The van der Waals surface area contributed by atoms with E-state index in [0.717, 1.165) is 87.5 Å². The minimum Gasteiger partial charge on any atom is -0.387 e. The third-order valence-electron chi connectivity index (χ3n) is 8.58. The van der Waals surface area contributed by atoms with Gasteiger partial charge in [0.25, 0.3) is 0 Å². The van der Waals surface area contributed by atoms with Crippen LogP contribution in [0, 0.1) is 11.8 Å². The van der Waals surface area contributed by atoms with Crippen LogP contribution in [-0.4, -0.2) is 50.2 Å². The summed E-state index contributed by atoms with van der Waals surface area (Å²) in [6.07, 6.45) is 8.84. The summed E-state index contributed by atoms with van der Waals surface area (Å²) in [5.41, 5.74) is 7.51. The molecule has 6 heteroatoms. The Hall–Kier alpha value is -3.38. The van der Waals surface area contributed by atoms with E-state index < -0.39 is 0 Å². The lowest BCUT2D eigenvalue weighted by atomic mass is 9.89. The lowest BCUT2D eigenvalue weighted by Crippen LogP contribution is -2.40. The van der Waals surface area contributed by atoms with Gasteiger partial charge in [-0.3, -0.25) is 0 Å². The molecule has 0 amide bonds. The zero-order valence-electron chi connectivity index (χ0n) is 28.2. The van der Waals surface area contributed by atoms with Crippen molar-refractivity contribution in [2.75, 3.05) is 39.3 Å². The number of hydrogen-bond donors (Lipinski definition) is 5. The highest BCUT2D eigenvalue weighted by Gasteiger charge is 2.31. The molecule has 1 aromatic carbocycles. The molecule has 3 unspecified atom stereocenters. The monoisotopic (exact) mass is 603 g/mol. The van der Waals surface area contributed by atoms with Gasteiger partial charge in [-0.15, -0.1) is 0 Å². The second-order valence-corrected chi connectivity index (χ2v) is 12.4. The predicted octanol–water partition coefficient (Wildman–Crippen LogP) is 6.97. The van der Waals surface area contributed by atoms with Crippen LogP contribution in [-0.2, 0) is 6.42 Å². The molecule has 6 nitrogen and oxygen atoms in total. The number of rotatable bonds is 25. The predicted molar refractivity (Wildman–Crippen MR) is 192 cm³/mol. The highest BCUT2D eigenvalue weighted by Crippen LogP contribution is 2.39. The minimum atomic E-state index is -0.00244. The van der Waals surface area contributed by atoms with E-state index in [1.54, 1.807) is 0 Å². The Labute approximate surface area is 269 Å². The van der Waals surface area contributed by atoms with Gasteiger partial charge in [-0.25, -0.2) is 0 Å². The summed E-state index contributed by atoms with van der Waals surface area (Å²) in [4.78, 5) is 2.37. The molecule has 5 N–H and O–H groups in total. The normalized spacial score (nSPS) is 15.9. The first-order chi connectivity index (χ1) is 21.2. The van der Waals surface area contributed by atoms with E-state index in [1.807, 2.05) is 6.07 Å². The molecular formula is C38H62N6. The molecular weight excluding hydrogens is 540 g/mol. The molecule has 44 heavy (non-hydrogen) atoms. The summed E-state index contributed by atoms with van der Waals surface area (Å²) < 4.78 is 0. The Morgan fingerprint density at radius 2 is 1.55 bits per heavy atom. The smallest absolute Gasteiger partial charge is 0.0691 e. The molecule has 1 saturated heterocycles. The number of nitrogens with zero attached hydrogens (tertiary/aromatic N) is 1. The first kappa shape index (κ1) is 36.8. The van der Waals surface area contributed by atoms with Crippen molar-refractivity contribution in [3.63, 3.8) is 0 Å². The number of likely N-dealkylation sites (tertiary alicyclic amines) is 1. The number of hydrogen-bond acceptors (Lipinski definition) is 6. The quantitative estimate of drug-likeness (QED) is 0.0780. The van der Waals surface area contributed by atoms with E-state index in [2.05, 4.69) is 116 Å². The first-order valence-corrected chi connectivity index (χ1v) is 16.7. The van der Waals surface area contributed by atoms with Crippen molar-refractivity contribution in [3.05, 3.63) is 110 Å². The zero-order valence-corrected chi connectivity index (χ0v) is 28.2. The molecule has 1 aliphatic rings. The maximum atomic E-state index is 4.40. The van der Waals surface area contributed by atoms with Crippen LogP contribution in [0.15, 0.2) is 104 Å². The lowest BCUT2D eigenvalue weighted by Gasteiger charge is -2.26. The van der Waals surface area contributed by atoms with E-state index >= 15 is 0 Å². The van der Waals surface area contributed by atoms with Crippen LogP contribution in [0.25, 0.3) is 0 Å². The van der Waals surface area contributed by atoms with Gasteiger partial charge in [-0.05, 0) is 50.1 Å². The van der Waals surface area contributed by atoms with Gasteiger partial charge in [0.1, 0.15) is 0 Å². The molecule has 2 rings (SSSR count). The van der Waals surface area contributed by atoms with Crippen LogP contribution >= 0.6 is 0 Å². The fourth-order valence-corrected chi connectivity index (χ4v) is 5.49. The van der Waals surface area contributed by atoms with E-state index in [1.165, 1.54) is 29.8 Å². The van der Waals surface area contributed by atoms with E-state index in [9.17, 15) is 0 Å². The van der Waals surface area contributed by atoms with Gasteiger partial charge in [0.05, 0.1) is 19.1 Å². The fourth-order valence-electron chi connectivity index (χ4n) is 5.49. The van der Waals surface area contributed by atoms with Gasteiger partial charge in [0.2, 0.25) is 0 Å². The van der Waals surface area contributed by atoms with Crippen LogP contribution in [0.1, 0.15) is 71.3 Å². The van der Waals surface area contributed by atoms with Crippen LogP contribution in [0.5, 0.6) is 0 Å². The lowest BCUT2D eigenvalue weighted by molar-refractivity contribution is 0.374. The number of nitrogens with one attached hydrogen (secondary N) is 5. The summed E-state index contributed by atoms with van der Waals surface area (Å²) in [7, 11) is 0. The summed E-state index contributed by atoms with van der Waals surface area (Å²) in [5, 5.41) is 17.4. The highest BCUT2D eigenvalue weighted by atomic mass is 15.2. The molecule has 1 fully saturated rings. The maximum absolute atomic E-state index is 4.40. The molecule has 1 aliphatic heterocycles. The topological polar surface area (TPSA) is 63.4 Å². The van der Waals surface area contributed by atoms with Gasteiger partial charge in [0, 0.05) is 59.7 Å². The number of benzene rings is 1. The Kier molecular flexibility index (Phi) is 17.2. The Morgan fingerprint density at radius 3 is 2.25 bits per heavy atom. The minimum absolute atomic E-state index is 0.00244. The van der Waals surface area contributed by atoms with Crippen LogP contribution < -0.4 is 26.6 Å². The highest BCUT2D eigenvalue weighted by molar-refractivity contribution is 5.22. The Balaban J connectivity index is 1.67. The standard InChI is InChI=1S/C38H62N6/c1-10-12-22-40-31(5)27-42-34(8)38(25-36-19-15-13-16-20-36)43-32(6)28-41-30(4)26-39-21-17-14-18-23-44-33(7)24-37(35(44)9)29(3)11-2/h13,15-16,19-20,29,37-43H,4-12,14,17-18,21-28H2,1-3H3. The van der Waals surface area contributed by atoms with Crippen molar-refractivity contribution >= 4 is 0 Å². The summed E-state index contributed by atoms with van der Waals surface area (Å²) >= 11 is 0. The van der Waals surface area contributed by atoms with Gasteiger partial charge < -0.3 is 31.5 Å². The third kappa shape index (κ3) is 13.5. The van der Waals surface area contributed by atoms with E-state index in [-0.39, 0.29) is 6.04 Å².